The Morgan fingerprint density at radius 1 is 1.22 bits per heavy atom. The highest BCUT2D eigenvalue weighted by molar-refractivity contribution is 5.30. The van der Waals surface area contributed by atoms with E-state index in [0.717, 1.165) is 32.1 Å². The molecule has 100 valence electrons. The van der Waals surface area contributed by atoms with Crippen molar-refractivity contribution in [2.24, 2.45) is 0 Å². The summed E-state index contributed by atoms with van der Waals surface area (Å²) in [6, 6.07) is 7.61. The fraction of sp³-hybridized carbons (Fsp3) is 0.625. The first-order valence-electron chi connectivity index (χ1n) is 7.13. The van der Waals surface area contributed by atoms with Crippen molar-refractivity contribution in [2.75, 3.05) is 26.7 Å². The molecule has 1 aliphatic rings. The van der Waals surface area contributed by atoms with Gasteiger partial charge in [0.15, 0.2) is 0 Å². The fourth-order valence-electron chi connectivity index (χ4n) is 2.30. The monoisotopic (exact) mass is 246 g/mol. The molecule has 1 aromatic carbocycles. The lowest BCUT2D eigenvalue weighted by atomic mass is 10.0. The van der Waals surface area contributed by atoms with E-state index in [2.05, 4.69) is 49.3 Å². The Bertz CT molecular complexity index is 383. The van der Waals surface area contributed by atoms with Gasteiger partial charge >= 0.3 is 0 Å². The third-order valence-electron chi connectivity index (χ3n) is 3.76. The lowest BCUT2D eigenvalue weighted by Crippen LogP contribution is -2.31. The minimum Gasteiger partial charge on any atom is -0.313 e. The van der Waals surface area contributed by atoms with Crippen LogP contribution in [-0.2, 0) is 6.42 Å². The quantitative estimate of drug-likeness (QED) is 0.795. The van der Waals surface area contributed by atoms with Crippen LogP contribution in [0.5, 0.6) is 0 Å². The number of aryl methyl sites for hydroxylation is 2. The van der Waals surface area contributed by atoms with Gasteiger partial charge in [0.2, 0.25) is 0 Å². The molecule has 0 aromatic heterocycles. The van der Waals surface area contributed by atoms with Crippen LogP contribution in [0.3, 0.4) is 0 Å². The Kier molecular flexibility index (Phi) is 4.79. The molecule has 1 aromatic rings. The summed E-state index contributed by atoms with van der Waals surface area (Å²) in [4.78, 5) is 2.43. The summed E-state index contributed by atoms with van der Waals surface area (Å²) in [5.41, 5.74) is 4.28. The number of hydrogen-bond donors (Lipinski definition) is 1. The van der Waals surface area contributed by atoms with Crippen molar-refractivity contribution in [3.8, 4) is 0 Å². The largest absolute Gasteiger partial charge is 0.313 e. The zero-order chi connectivity index (χ0) is 13.0. The maximum Gasteiger partial charge on any atom is 0.0104 e. The van der Waals surface area contributed by atoms with Gasteiger partial charge in [0, 0.05) is 25.7 Å². The minimum absolute atomic E-state index is 0.831. The first kappa shape index (κ1) is 13.6. The highest BCUT2D eigenvalue weighted by Crippen LogP contribution is 2.18. The van der Waals surface area contributed by atoms with Crippen LogP contribution in [-0.4, -0.2) is 37.6 Å². The molecule has 0 amide bonds. The first-order valence-corrected chi connectivity index (χ1v) is 7.13. The van der Waals surface area contributed by atoms with E-state index in [1.165, 1.54) is 29.5 Å². The van der Waals surface area contributed by atoms with Crippen molar-refractivity contribution in [2.45, 2.75) is 39.2 Å². The van der Waals surface area contributed by atoms with E-state index in [4.69, 9.17) is 0 Å². The predicted molar refractivity (Wildman–Crippen MR) is 78.1 cm³/mol. The number of nitrogens with zero attached hydrogens (tertiary/aromatic N) is 1. The molecule has 0 heterocycles. The molecule has 0 saturated heterocycles. The predicted octanol–water partition coefficient (Wildman–Crippen LogP) is 2.53. The van der Waals surface area contributed by atoms with Crippen LogP contribution in [0, 0.1) is 13.8 Å². The third-order valence-corrected chi connectivity index (χ3v) is 3.76. The summed E-state index contributed by atoms with van der Waals surface area (Å²) in [6.07, 6.45) is 3.92. The molecule has 2 rings (SSSR count). The molecule has 0 bridgehead atoms. The molecule has 1 aliphatic carbocycles. The van der Waals surface area contributed by atoms with E-state index in [1.54, 1.807) is 0 Å². The van der Waals surface area contributed by atoms with Gasteiger partial charge in [-0.3, -0.25) is 0 Å². The molecule has 18 heavy (non-hydrogen) atoms. The van der Waals surface area contributed by atoms with Gasteiger partial charge in [0.05, 0.1) is 0 Å². The Morgan fingerprint density at radius 2 is 2.00 bits per heavy atom. The van der Waals surface area contributed by atoms with Crippen molar-refractivity contribution in [3.05, 3.63) is 34.9 Å². The van der Waals surface area contributed by atoms with E-state index in [9.17, 15) is 0 Å². The summed E-state index contributed by atoms with van der Waals surface area (Å²) >= 11 is 0. The second-order valence-corrected chi connectivity index (χ2v) is 5.71. The minimum atomic E-state index is 0.831. The molecule has 2 nitrogen and oxygen atoms in total. The molecular formula is C16H26N2. The van der Waals surface area contributed by atoms with E-state index in [1.807, 2.05) is 0 Å². The first-order chi connectivity index (χ1) is 8.65. The Balaban J connectivity index is 1.68. The highest BCUT2D eigenvalue weighted by atomic mass is 15.1. The van der Waals surface area contributed by atoms with Gasteiger partial charge in [-0.05, 0) is 51.3 Å². The standard InChI is InChI=1S/C16H26N2/c1-13-4-5-15(14(2)12-13)8-10-18(3)11-9-17-16-6-7-16/h4-5,12,16-17H,6-11H2,1-3H3. The molecule has 0 aliphatic heterocycles. The summed E-state index contributed by atoms with van der Waals surface area (Å²) in [6.45, 7) is 7.81. The second-order valence-electron chi connectivity index (χ2n) is 5.71. The van der Waals surface area contributed by atoms with Gasteiger partial charge in [0.1, 0.15) is 0 Å². The lowest BCUT2D eigenvalue weighted by Gasteiger charge is -2.17. The van der Waals surface area contributed by atoms with Crippen LogP contribution >= 0.6 is 0 Å². The van der Waals surface area contributed by atoms with Gasteiger partial charge in [0.25, 0.3) is 0 Å². The molecule has 1 N–H and O–H groups in total. The zero-order valence-corrected chi connectivity index (χ0v) is 12.0. The summed E-state index contributed by atoms with van der Waals surface area (Å²) in [5.74, 6) is 0. The van der Waals surface area contributed by atoms with E-state index in [-0.39, 0.29) is 0 Å². The molecule has 1 saturated carbocycles. The van der Waals surface area contributed by atoms with Gasteiger partial charge < -0.3 is 10.2 Å². The SMILES string of the molecule is Cc1ccc(CCN(C)CCNC2CC2)c(C)c1. The van der Waals surface area contributed by atoms with E-state index >= 15 is 0 Å². The topological polar surface area (TPSA) is 15.3 Å². The summed E-state index contributed by atoms with van der Waals surface area (Å²) in [7, 11) is 2.22. The van der Waals surface area contributed by atoms with Crippen LogP contribution in [0.2, 0.25) is 0 Å². The highest BCUT2D eigenvalue weighted by Gasteiger charge is 2.19. The molecule has 0 spiro atoms. The van der Waals surface area contributed by atoms with Crippen molar-refractivity contribution < 1.29 is 0 Å². The van der Waals surface area contributed by atoms with Crippen LogP contribution in [0.1, 0.15) is 29.5 Å². The Hall–Kier alpha value is -0.860. The van der Waals surface area contributed by atoms with E-state index < -0.39 is 0 Å². The number of rotatable bonds is 7. The van der Waals surface area contributed by atoms with Gasteiger partial charge in [-0.1, -0.05) is 23.8 Å². The molecule has 0 unspecified atom stereocenters. The van der Waals surface area contributed by atoms with Gasteiger partial charge in [-0.25, -0.2) is 0 Å². The lowest BCUT2D eigenvalue weighted by molar-refractivity contribution is 0.335. The maximum absolute atomic E-state index is 3.56. The van der Waals surface area contributed by atoms with Gasteiger partial charge in [-0.15, -0.1) is 0 Å². The van der Waals surface area contributed by atoms with Crippen LogP contribution in [0.15, 0.2) is 18.2 Å². The third kappa shape index (κ3) is 4.43. The number of hydrogen-bond acceptors (Lipinski definition) is 2. The van der Waals surface area contributed by atoms with E-state index in [0.29, 0.717) is 0 Å². The average Bonchev–Trinajstić information content (AvgIpc) is 3.12. The van der Waals surface area contributed by atoms with Crippen LogP contribution < -0.4 is 5.32 Å². The molecule has 1 fully saturated rings. The average molecular weight is 246 g/mol. The normalized spacial score (nSPS) is 15.3. The smallest absolute Gasteiger partial charge is 0.0104 e. The Labute approximate surface area is 111 Å². The molecule has 2 heteroatoms. The molecule has 0 atom stereocenters. The second kappa shape index (κ2) is 6.35. The fourth-order valence-corrected chi connectivity index (χ4v) is 2.30. The number of nitrogens with one attached hydrogen (secondary N) is 1. The van der Waals surface area contributed by atoms with Gasteiger partial charge in [-0.2, -0.15) is 0 Å². The van der Waals surface area contributed by atoms with Crippen molar-refractivity contribution >= 4 is 0 Å². The number of benzene rings is 1. The summed E-state index contributed by atoms with van der Waals surface area (Å²) < 4.78 is 0. The summed E-state index contributed by atoms with van der Waals surface area (Å²) in [5, 5.41) is 3.56. The molecular weight excluding hydrogens is 220 g/mol. The van der Waals surface area contributed by atoms with Crippen LogP contribution in [0.25, 0.3) is 0 Å². The zero-order valence-electron chi connectivity index (χ0n) is 12.0. The molecule has 0 radical (unpaired) electrons. The maximum atomic E-state index is 3.56. The van der Waals surface area contributed by atoms with Crippen molar-refractivity contribution in [3.63, 3.8) is 0 Å². The Morgan fingerprint density at radius 3 is 2.67 bits per heavy atom. The number of likely N-dealkylation sites (N-methyl/N-ethyl adjacent to an activating group) is 1. The van der Waals surface area contributed by atoms with Crippen molar-refractivity contribution in [1.82, 2.24) is 10.2 Å². The van der Waals surface area contributed by atoms with Crippen LogP contribution in [0.4, 0.5) is 0 Å². The van der Waals surface area contributed by atoms with Crippen molar-refractivity contribution in [1.29, 1.82) is 0 Å².